The monoisotopic (exact) mass is 215 g/mol. The van der Waals surface area contributed by atoms with Crippen LogP contribution in [0, 0.1) is 11.6 Å². The zero-order valence-electron chi connectivity index (χ0n) is 8.89. The average molecular weight is 215 g/mol. The second-order valence-corrected chi connectivity index (χ2v) is 3.52. The molecule has 0 heterocycles. The van der Waals surface area contributed by atoms with Crippen molar-refractivity contribution in [3.63, 3.8) is 0 Å². The van der Waals surface area contributed by atoms with E-state index in [2.05, 4.69) is 0 Å². The van der Waals surface area contributed by atoms with E-state index in [1.807, 2.05) is 13.8 Å². The molecule has 4 heteroatoms. The van der Waals surface area contributed by atoms with Crippen molar-refractivity contribution in [2.45, 2.75) is 32.8 Å². The highest BCUT2D eigenvalue weighted by Crippen LogP contribution is 2.24. The molecular weight excluding hydrogens is 200 g/mol. The van der Waals surface area contributed by atoms with E-state index in [9.17, 15) is 8.78 Å². The van der Waals surface area contributed by atoms with E-state index >= 15 is 0 Å². The van der Waals surface area contributed by atoms with Crippen LogP contribution < -0.4 is 10.5 Å². The van der Waals surface area contributed by atoms with Gasteiger partial charge >= 0.3 is 0 Å². The van der Waals surface area contributed by atoms with Crippen molar-refractivity contribution in [1.82, 2.24) is 0 Å². The predicted octanol–water partition coefficient (Wildman–Crippen LogP) is 3.11. The van der Waals surface area contributed by atoms with Crippen molar-refractivity contribution < 1.29 is 13.5 Å². The Bertz CT molecular complexity index is 342. The maximum atomic E-state index is 13.3. The Morgan fingerprint density at radius 3 is 2.60 bits per heavy atom. The molecule has 0 amide bonds. The Labute approximate surface area is 88.0 Å². The first-order chi connectivity index (χ1) is 7.04. The van der Waals surface area contributed by atoms with Crippen LogP contribution in [0.4, 0.5) is 14.5 Å². The molecule has 2 nitrogen and oxygen atoms in total. The topological polar surface area (TPSA) is 35.2 Å². The minimum atomic E-state index is -0.657. The summed E-state index contributed by atoms with van der Waals surface area (Å²) >= 11 is 0. The summed E-state index contributed by atoms with van der Waals surface area (Å²) in [5.41, 5.74) is 5.00. The lowest BCUT2D eigenvalue weighted by atomic mass is 10.2. The summed E-state index contributed by atoms with van der Waals surface area (Å²) < 4.78 is 31.5. The van der Waals surface area contributed by atoms with Crippen LogP contribution in [0.15, 0.2) is 12.1 Å². The fraction of sp³-hybridized carbons (Fsp3) is 0.455. The van der Waals surface area contributed by atoms with Gasteiger partial charge in [-0.2, -0.15) is 0 Å². The lowest BCUT2D eigenvalue weighted by Crippen LogP contribution is -2.12. The van der Waals surface area contributed by atoms with Gasteiger partial charge in [0, 0.05) is 12.1 Å². The number of ether oxygens (including phenoxy) is 1. The Hall–Kier alpha value is -1.32. The minimum absolute atomic E-state index is 0.0809. The summed E-state index contributed by atoms with van der Waals surface area (Å²) in [6.07, 6.45) is 1.60. The van der Waals surface area contributed by atoms with E-state index in [1.165, 1.54) is 0 Å². The molecule has 1 unspecified atom stereocenters. The van der Waals surface area contributed by atoms with Gasteiger partial charge in [0.2, 0.25) is 0 Å². The molecule has 0 bridgehead atoms. The molecule has 1 aromatic carbocycles. The first-order valence-corrected chi connectivity index (χ1v) is 4.95. The Balaban J connectivity index is 2.81. The van der Waals surface area contributed by atoms with Crippen LogP contribution in [0.25, 0.3) is 0 Å². The normalized spacial score (nSPS) is 12.5. The fourth-order valence-electron chi connectivity index (χ4n) is 1.32. The molecule has 0 saturated carbocycles. The van der Waals surface area contributed by atoms with Gasteiger partial charge in [-0.05, 0) is 13.3 Å². The maximum absolute atomic E-state index is 13.3. The standard InChI is InChI=1S/C11H15F2NO/c1-3-4-7(2)15-11-6-8(12)10(14)5-9(11)13/h5-7H,3-4,14H2,1-2H3. The molecule has 0 aromatic heterocycles. The highest BCUT2D eigenvalue weighted by atomic mass is 19.1. The number of benzene rings is 1. The van der Waals surface area contributed by atoms with Gasteiger partial charge < -0.3 is 10.5 Å². The van der Waals surface area contributed by atoms with Crippen molar-refractivity contribution in [2.75, 3.05) is 5.73 Å². The quantitative estimate of drug-likeness (QED) is 0.783. The molecule has 84 valence electrons. The number of hydrogen-bond acceptors (Lipinski definition) is 2. The minimum Gasteiger partial charge on any atom is -0.488 e. The van der Waals surface area contributed by atoms with Gasteiger partial charge in [-0.1, -0.05) is 13.3 Å². The molecule has 1 aromatic rings. The smallest absolute Gasteiger partial charge is 0.167 e. The molecule has 0 fully saturated rings. The van der Waals surface area contributed by atoms with Crippen LogP contribution in [0.5, 0.6) is 5.75 Å². The van der Waals surface area contributed by atoms with Gasteiger partial charge in [-0.3, -0.25) is 0 Å². The summed E-state index contributed by atoms with van der Waals surface area (Å²) in [4.78, 5) is 0. The number of rotatable bonds is 4. The summed E-state index contributed by atoms with van der Waals surface area (Å²) in [7, 11) is 0. The van der Waals surface area contributed by atoms with Crippen molar-refractivity contribution >= 4 is 5.69 Å². The fourth-order valence-corrected chi connectivity index (χ4v) is 1.32. The Morgan fingerprint density at radius 2 is 2.00 bits per heavy atom. The Morgan fingerprint density at radius 1 is 1.33 bits per heavy atom. The number of anilines is 1. The largest absolute Gasteiger partial charge is 0.488 e. The predicted molar refractivity (Wildman–Crippen MR) is 55.8 cm³/mol. The van der Waals surface area contributed by atoms with Gasteiger partial charge in [-0.25, -0.2) is 8.78 Å². The van der Waals surface area contributed by atoms with Crippen molar-refractivity contribution in [1.29, 1.82) is 0 Å². The highest BCUT2D eigenvalue weighted by Gasteiger charge is 2.11. The summed E-state index contributed by atoms with van der Waals surface area (Å²) in [6, 6.07) is 1.92. The van der Waals surface area contributed by atoms with E-state index in [-0.39, 0.29) is 17.5 Å². The number of halogens is 2. The van der Waals surface area contributed by atoms with Crippen molar-refractivity contribution in [3.8, 4) is 5.75 Å². The van der Waals surface area contributed by atoms with Gasteiger partial charge in [-0.15, -0.1) is 0 Å². The molecular formula is C11H15F2NO. The van der Waals surface area contributed by atoms with E-state index in [4.69, 9.17) is 10.5 Å². The zero-order chi connectivity index (χ0) is 11.4. The Kier molecular flexibility index (Phi) is 3.88. The van der Waals surface area contributed by atoms with Crippen LogP contribution >= 0.6 is 0 Å². The van der Waals surface area contributed by atoms with E-state index in [0.717, 1.165) is 25.0 Å². The molecule has 0 saturated heterocycles. The van der Waals surface area contributed by atoms with E-state index in [1.54, 1.807) is 0 Å². The third kappa shape index (κ3) is 3.08. The first-order valence-electron chi connectivity index (χ1n) is 4.95. The summed E-state index contributed by atoms with van der Waals surface area (Å²) in [5, 5.41) is 0. The van der Waals surface area contributed by atoms with Crippen LogP contribution in [0.1, 0.15) is 26.7 Å². The molecule has 0 aliphatic carbocycles. The van der Waals surface area contributed by atoms with Crippen LogP contribution in [0.2, 0.25) is 0 Å². The van der Waals surface area contributed by atoms with Gasteiger partial charge in [0.25, 0.3) is 0 Å². The van der Waals surface area contributed by atoms with Crippen molar-refractivity contribution in [3.05, 3.63) is 23.8 Å². The summed E-state index contributed by atoms with van der Waals surface area (Å²) in [6.45, 7) is 3.82. The molecule has 1 atom stereocenters. The maximum Gasteiger partial charge on any atom is 0.167 e. The summed E-state index contributed by atoms with van der Waals surface area (Å²) in [5.74, 6) is -1.37. The van der Waals surface area contributed by atoms with Gasteiger partial charge in [0.15, 0.2) is 11.6 Å². The first kappa shape index (κ1) is 11.8. The van der Waals surface area contributed by atoms with Crippen LogP contribution in [-0.4, -0.2) is 6.10 Å². The lowest BCUT2D eigenvalue weighted by molar-refractivity contribution is 0.200. The molecule has 15 heavy (non-hydrogen) atoms. The highest BCUT2D eigenvalue weighted by molar-refractivity contribution is 5.44. The average Bonchev–Trinajstić information content (AvgIpc) is 2.14. The van der Waals surface area contributed by atoms with Gasteiger partial charge in [0.1, 0.15) is 5.82 Å². The molecule has 1 rings (SSSR count). The third-order valence-corrected chi connectivity index (χ3v) is 2.07. The third-order valence-electron chi connectivity index (χ3n) is 2.07. The molecule has 0 aliphatic heterocycles. The number of hydrogen-bond donors (Lipinski definition) is 1. The van der Waals surface area contributed by atoms with Crippen LogP contribution in [0.3, 0.4) is 0 Å². The van der Waals surface area contributed by atoms with Crippen molar-refractivity contribution in [2.24, 2.45) is 0 Å². The molecule has 0 aliphatic rings. The second kappa shape index (κ2) is 4.96. The van der Waals surface area contributed by atoms with E-state index in [0.29, 0.717) is 0 Å². The SMILES string of the molecule is CCCC(C)Oc1cc(F)c(N)cc1F. The molecule has 2 N–H and O–H groups in total. The molecule has 0 radical (unpaired) electrons. The number of nitrogen functional groups attached to an aromatic ring is 1. The van der Waals surface area contributed by atoms with Gasteiger partial charge in [0.05, 0.1) is 11.8 Å². The zero-order valence-corrected chi connectivity index (χ0v) is 8.89. The lowest BCUT2D eigenvalue weighted by Gasteiger charge is -2.14. The molecule has 0 spiro atoms. The van der Waals surface area contributed by atoms with Crippen LogP contribution in [-0.2, 0) is 0 Å². The van der Waals surface area contributed by atoms with E-state index < -0.39 is 11.6 Å². The number of nitrogens with two attached hydrogens (primary N) is 1. The second-order valence-electron chi connectivity index (χ2n) is 3.52.